The van der Waals surface area contributed by atoms with Gasteiger partial charge in [-0.05, 0) is 25.0 Å². The molecule has 1 aromatic carbocycles. The topological polar surface area (TPSA) is 121 Å². The minimum atomic E-state index is -0.996. The lowest BCUT2D eigenvalue weighted by Crippen LogP contribution is -2.51. The van der Waals surface area contributed by atoms with Crippen LogP contribution in [0.15, 0.2) is 33.9 Å². The first-order valence-electron chi connectivity index (χ1n) is 8.38. The molecule has 1 aromatic heterocycles. The number of rotatable bonds is 7. The molecule has 0 spiro atoms. The van der Waals surface area contributed by atoms with Crippen LogP contribution in [0.5, 0.6) is 0 Å². The summed E-state index contributed by atoms with van der Waals surface area (Å²) in [6.45, 7) is 5.43. The molecule has 26 heavy (non-hydrogen) atoms. The number of carboxylic acids is 1. The first kappa shape index (κ1) is 19.4. The van der Waals surface area contributed by atoms with Gasteiger partial charge in [0, 0.05) is 18.5 Å². The van der Waals surface area contributed by atoms with Crippen molar-refractivity contribution in [3.05, 3.63) is 45.1 Å². The Labute approximate surface area is 149 Å². The van der Waals surface area contributed by atoms with Crippen LogP contribution in [0.25, 0.3) is 10.9 Å². The molecule has 2 rings (SSSR count). The average molecular weight is 361 g/mol. The Morgan fingerprint density at radius 1 is 1.27 bits per heavy atom. The van der Waals surface area contributed by atoms with Crippen molar-refractivity contribution in [1.29, 1.82) is 0 Å². The van der Waals surface area contributed by atoms with Crippen molar-refractivity contribution in [2.45, 2.75) is 45.7 Å². The third kappa shape index (κ3) is 4.19. The van der Waals surface area contributed by atoms with Gasteiger partial charge in [0.05, 0.1) is 17.3 Å². The minimum Gasteiger partial charge on any atom is -0.481 e. The zero-order chi connectivity index (χ0) is 19.5. The number of carbonyl (C=O) groups is 2. The van der Waals surface area contributed by atoms with Crippen LogP contribution in [0, 0.1) is 5.92 Å². The first-order valence-corrected chi connectivity index (χ1v) is 8.38. The smallest absolute Gasteiger partial charge is 0.328 e. The fourth-order valence-electron chi connectivity index (χ4n) is 2.77. The summed E-state index contributed by atoms with van der Waals surface area (Å²) in [5.41, 5.74) is -1.49. The van der Waals surface area contributed by atoms with E-state index in [4.69, 9.17) is 5.11 Å². The van der Waals surface area contributed by atoms with Crippen molar-refractivity contribution in [2.24, 2.45) is 5.92 Å². The first-order chi connectivity index (χ1) is 12.1. The van der Waals surface area contributed by atoms with Crippen molar-refractivity contribution in [3.63, 3.8) is 0 Å². The maximum absolute atomic E-state index is 12.3. The number of fused-ring (bicyclic) bond motifs is 1. The van der Waals surface area contributed by atoms with Gasteiger partial charge in [-0.1, -0.05) is 26.0 Å². The number of aryl methyl sites for hydroxylation is 1. The van der Waals surface area contributed by atoms with Gasteiger partial charge in [-0.15, -0.1) is 0 Å². The van der Waals surface area contributed by atoms with E-state index in [1.54, 1.807) is 31.2 Å². The monoisotopic (exact) mass is 361 g/mol. The molecular formula is C18H23N3O5. The predicted octanol–water partition coefficient (Wildman–Crippen LogP) is 1.09. The molecule has 1 unspecified atom stereocenters. The zero-order valence-electron chi connectivity index (χ0n) is 15.0. The summed E-state index contributed by atoms with van der Waals surface area (Å²) in [6.07, 6.45) is -0.212. The molecule has 8 nitrogen and oxygen atoms in total. The predicted molar refractivity (Wildman–Crippen MR) is 97.1 cm³/mol. The average Bonchev–Trinajstić information content (AvgIpc) is 2.53. The lowest BCUT2D eigenvalue weighted by Gasteiger charge is -2.33. The van der Waals surface area contributed by atoms with E-state index in [1.807, 2.05) is 13.8 Å². The molecule has 0 fully saturated rings. The Hall–Kier alpha value is -2.90. The van der Waals surface area contributed by atoms with Crippen LogP contribution in [0.2, 0.25) is 0 Å². The van der Waals surface area contributed by atoms with Gasteiger partial charge < -0.3 is 10.4 Å². The fraction of sp³-hybridized carbons (Fsp3) is 0.444. The molecule has 1 atom stereocenters. The quantitative estimate of drug-likeness (QED) is 0.681. The Morgan fingerprint density at radius 3 is 2.54 bits per heavy atom. The van der Waals surface area contributed by atoms with Crippen molar-refractivity contribution in [2.75, 3.05) is 0 Å². The summed E-state index contributed by atoms with van der Waals surface area (Å²) in [4.78, 5) is 49.6. The number of aromatic amines is 1. The van der Waals surface area contributed by atoms with E-state index < -0.39 is 22.8 Å². The molecule has 2 aromatic rings. The third-order valence-electron chi connectivity index (χ3n) is 4.69. The number of aromatic nitrogens is 2. The minimum absolute atomic E-state index is 0.0160. The van der Waals surface area contributed by atoms with E-state index in [-0.39, 0.29) is 31.2 Å². The number of nitrogens with one attached hydrogen (secondary N) is 2. The van der Waals surface area contributed by atoms with Crippen molar-refractivity contribution in [3.8, 4) is 0 Å². The summed E-state index contributed by atoms with van der Waals surface area (Å²) in [7, 11) is 0. The van der Waals surface area contributed by atoms with Crippen LogP contribution < -0.4 is 16.6 Å². The molecule has 0 aliphatic rings. The number of amides is 1. The number of benzene rings is 1. The van der Waals surface area contributed by atoms with Gasteiger partial charge in [0.15, 0.2) is 0 Å². The third-order valence-corrected chi connectivity index (χ3v) is 4.69. The number of hydrogen-bond acceptors (Lipinski definition) is 4. The van der Waals surface area contributed by atoms with Crippen LogP contribution in [0.3, 0.4) is 0 Å². The van der Waals surface area contributed by atoms with Gasteiger partial charge in [-0.25, -0.2) is 4.79 Å². The lowest BCUT2D eigenvalue weighted by molar-refractivity contribution is -0.139. The molecule has 0 saturated heterocycles. The SMILES string of the molecule is CC(C)C(C)(CC(=O)O)NC(=O)CCn1c(=O)[nH]c(=O)c2ccccc21. The second-order valence-electron chi connectivity index (χ2n) is 6.87. The molecule has 1 heterocycles. The number of para-hydroxylation sites is 1. The summed E-state index contributed by atoms with van der Waals surface area (Å²) in [6, 6.07) is 6.65. The van der Waals surface area contributed by atoms with Gasteiger partial charge in [0.25, 0.3) is 5.56 Å². The number of carbonyl (C=O) groups excluding carboxylic acids is 1. The molecule has 0 radical (unpaired) electrons. The molecule has 0 aliphatic carbocycles. The van der Waals surface area contributed by atoms with Crippen LogP contribution in [0.4, 0.5) is 0 Å². The molecule has 1 amide bonds. The summed E-state index contributed by atoms with van der Waals surface area (Å²) >= 11 is 0. The second-order valence-corrected chi connectivity index (χ2v) is 6.87. The van der Waals surface area contributed by atoms with Crippen LogP contribution in [0.1, 0.15) is 33.6 Å². The molecule has 140 valence electrons. The highest BCUT2D eigenvalue weighted by atomic mass is 16.4. The molecule has 3 N–H and O–H groups in total. The Balaban J connectivity index is 2.20. The van der Waals surface area contributed by atoms with Crippen molar-refractivity contribution >= 4 is 22.8 Å². The van der Waals surface area contributed by atoms with E-state index >= 15 is 0 Å². The number of H-pyrrole nitrogens is 1. The highest BCUT2D eigenvalue weighted by molar-refractivity contribution is 5.80. The molecule has 0 bridgehead atoms. The van der Waals surface area contributed by atoms with Crippen LogP contribution in [-0.2, 0) is 16.1 Å². The van der Waals surface area contributed by atoms with Crippen LogP contribution >= 0.6 is 0 Å². The number of hydrogen-bond donors (Lipinski definition) is 3. The van der Waals surface area contributed by atoms with E-state index in [0.717, 1.165) is 0 Å². The zero-order valence-corrected chi connectivity index (χ0v) is 15.0. The summed E-state index contributed by atoms with van der Waals surface area (Å²) in [5, 5.41) is 12.2. The number of carboxylic acid groups (broad SMARTS) is 1. The van der Waals surface area contributed by atoms with E-state index in [2.05, 4.69) is 10.3 Å². The van der Waals surface area contributed by atoms with Crippen molar-refractivity contribution < 1.29 is 14.7 Å². The molecule has 0 aliphatic heterocycles. The highest BCUT2D eigenvalue weighted by Gasteiger charge is 2.32. The molecular weight excluding hydrogens is 338 g/mol. The van der Waals surface area contributed by atoms with Crippen LogP contribution in [-0.4, -0.2) is 32.1 Å². The second kappa shape index (κ2) is 7.55. The number of aliphatic carboxylic acids is 1. The van der Waals surface area contributed by atoms with Crippen molar-refractivity contribution in [1.82, 2.24) is 14.9 Å². The van der Waals surface area contributed by atoms with Gasteiger partial charge >= 0.3 is 11.7 Å². The Bertz CT molecular complexity index is 944. The normalized spacial score (nSPS) is 13.5. The fourth-order valence-corrected chi connectivity index (χ4v) is 2.77. The summed E-state index contributed by atoms with van der Waals surface area (Å²) in [5.74, 6) is -1.44. The van der Waals surface area contributed by atoms with E-state index in [0.29, 0.717) is 10.9 Å². The lowest BCUT2D eigenvalue weighted by atomic mass is 9.85. The van der Waals surface area contributed by atoms with Gasteiger partial charge in [0.2, 0.25) is 5.91 Å². The maximum atomic E-state index is 12.3. The largest absolute Gasteiger partial charge is 0.481 e. The molecule has 0 saturated carbocycles. The number of nitrogens with zero attached hydrogens (tertiary/aromatic N) is 1. The van der Waals surface area contributed by atoms with E-state index in [1.165, 1.54) is 4.57 Å². The Morgan fingerprint density at radius 2 is 1.92 bits per heavy atom. The van der Waals surface area contributed by atoms with Gasteiger partial charge in [0.1, 0.15) is 0 Å². The Kier molecular flexibility index (Phi) is 5.64. The van der Waals surface area contributed by atoms with E-state index in [9.17, 15) is 19.2 Å². The molecule has 8 heteroatoms. The van der Waals surface area contributed by atoms with Gasteiger partial charge in [-0.2, -0.15) is 0 Å². The summed E-state index contributed by atoms with van der Waals surface area (Å²) < 4.78 is 1.33. The maximum Gasteiger partial charge on any atom is 0.328 e. The highest BCUT2D eigenvalue weighted by Crippen LogP contribution is 2.21. The van der Waals surface area contributed by atoms with Gasteiger partial charge in [-0.3, -0.25) is 23.9 Å². The standard InChI is InChI=1S/C18H23N3O5/c1-11(2)18(3,10-15(23)24)20-14(22)8-9-21-13-7-5-4-6-12(13)16(25)19-17(21)26/h4-7,11H,8-10H2,1-3H3,(H,20,22)(H,23,24)(H,19,25,26).